The normalized spacial score (nSPS) is 18.9. The van der Waals surface area contributed by atoms with E-state index < -0.39 is 10.0 Å². The van der Waals surface area contributed by atoms with Crippen LogP contribution in [0.1, 0.15) is 32.1 Å². The molecule has 0 amide bonds. The van der Waals surface area contributed by atoms with Gasteiger partial charge in [-0.1, -0.05) is 23.3 Å². The summed E-state index contributed by atoms with van der Waals surface area (Å²) < 4.78 is 27.1. The molecule has 1 aliphatic heterocycles. The summed E-state index contributed by atoms with van der Waals surface area (Å²) in [4.78, 5) is 6.62. The van der Waals surface area contributed by atoms with Crippen LogP contribution in [-0.4, -0.2) is 39.2 Å². The number of sulfonamides is 1. The molecule has 6 nitrogen and oxygen atoms in total. The number of benzene rings is 1. The van der Waals surface area contributed by atoms with E-state index in [4.69, 9.17) is 11.6 Å². The average molecular weight is 383 g/mol. The molecule has 3 rings (SSSR count). The molecule has 0 saturated heterocycles. The lowest BCUT2D eigenvalue weighted by Gasteiger charge is -2.27. The zero-order valence-corrected chi connectivity index (χ0v) is 15.6. The van der Waals surface area contributed by atoms with Crippen LogP contribution in [0.3, 0.4) is 0 Å². The number of nitrogens with zero attached hydrogens (tertiary/aromatic N) is 2. The predicted molar refractivity (Wildman–Crippen MR) is 100.0 cm³/mol. The fourth-order valence-electron chi connectivity index (χ4n) is 2.91. The lowest BCUT2D eigenvalue weighted by molar-refractivity contribution is 0.265. The zero-order chi connectivity index (χ0) is 17.7. The summed E-state index contributed by atoms with van der Waals surface area (Å²) in [7, 11) is -3.65. The first-order valence-corrected chi connectivity index (χ1v) is 10.4. The molecule has 25 heavy (non-hydrogen) atoms. The number of rotatable bonds is 5. The van der Waals surface area contributed by atoms with Crippen molar-refractivity contribution in [1.82, 2.24) is 14.9 Å². The zero-order valence-electron chi connectivity index (χ0n) is 14.0. The fourth-order valence-corrected chi connectivity index (χ4v) is 4.04. The summed E-state index contributed by atoms with van der Waals surface area (Å²) in [5, 5.41) is 3.53. The van der Waals surface area contributed by atoms with Gasteiger partial charge in [0.2, 0.25) is 5.96 Å². The van der Waals surface area contributed by atoms with E-state index in [-0.39, 0.29) is 10.9 Å². The van der Waals surface area contributed by atoms with Crippen molar-refractivity contribution in [3.63, 3.8) is 0 Å². The topological polar surface area (TPSA) is 73.8 Å². The van der Waals surface area contributed by atoms with Gasteiger partial charge in [0.15, 0.2) is 0 Å². The molecule has 1 heterocycles. The monoisotopic (exact) mass is 382 g/mol. The second-order valence-corrected chi connectivity index (χ2v) is 8.41. The first-order valence-electron chi connectivity index (χ1n) is 8.50. The molecule has 0 aromatic heterocycles. The highest BCUT2D eigenvalue weighted by Gasteiger charge is 2.19. The van der Waals surface area contributed by atoms with E-state index in [0.717, 1.165) is 13.0 Å². The smallest absolute Gasteiger partial charge is 0.264 e. The van der Waals surface area contributed by atoms with Crippen molar-refractivity contribution in [3.8, 4) is 0 Å². The second kappa shape index (κ2) is 8.21. The van der Waals surface area contributed by atoms with Gasteiger partial charge in [0.1, 0.15) is 0 Å². The Morgan fingerprint density at radius 1 is 1.24 bits per heavy atom. The van der Waals surface area contributed by atoms with Crippen LogP contribution in [0.5, 0.6) is 0 Å². The minimum absolute atomic E-state index is 0.160. The molecule has 0 spiro atoms. The van der Waals surface area contributed by atoms with Gasteiger partial charge >= 0.3 is 0 Å². The van der Waals surface area contributed by atoms with Crippen molar-refractivity contribution in [2.24, 2.45) is 4.99 Å². The van der Waals surface area contributed by atoms with Crippen molar-refractivity contribution < 1.29 is 8.42 Å². The Balaban J connectivity index is 1.52. The largest absolute Gasteiger partial charge is 0.343 e. The molecule has 2 aliphatic rings. The molecule has 0 radical (unpaired) electrons. The van der Waals surface area contributed by atoms with Crippen molar-refractivity contribution in [3.05, 3.63) is 40.9 Å². The van der Waals surface area contributed by atoms with E-state index in [1.165, 1.54) is 43.4 Å². The molecule has 2 N–H and O–H groups in total. The van der Waals surface area contributed by atoms with Crippen LogP contribution in [0, 0.1) is 0 Å². The third-order valence-electron chi connectivity index (χ3n) is 4.39. The Labute approximate surface area is 154 Å². The molecule has 0 saturated carbocycles. The molecule has 1 aliphatic carbocycles. The summed E-state index contributed by atoms with van der Waals surface area (Å²) >= 11 is 5.79. The highest BCUT2D eigenvalue weighted by molar-refractivity contribution is 7.90. The number of hydrogen-bond donors (Lipinski definition) is 2. The molecular weight excluding hydrogens is 360 g/mol. The van der Waals surface area contributed by atoms with Gasteiger partial charge in [-0.05, 0) is 56.4 Å². The van der Waals surface area contributed by atoms with Crippen LogP contribution in [0.15, 0.2) is 45.8 Å². The number of hydrogen-bond acceptors (Lipinski definition) is 5. The van der Waals surface area contributed by atoms with Gasteiger partial charge in [-0.25, -0.2) is 18.1 Å². The van der Waals surface area contributed by atoms with Crippen LogP contribution < -0.4 is 10.0 Å². The second-order valence-electron chi connectivity index (χ2n) is 6.30. The Morgan fingerprint density at radius 2 is 2.04 bits per heavy atom. The van der Waals surface area contributed by atoms with E-state index in [9.17, 15) is 8.42 Å². The van der Waals surface area contributed by atoms with E-state index in [1.807, 2.05) is 0 Å². The van der Waals surface area contributed by atoms with Crippen LogP contribution >= 0.6 is 11.6 Å². The average Bonchev–Trinajstić information content (AvgIpc) is 2.62. The minimum atomic E-state index is -3.65. The summed E-state index contributed by atoms with van der Waals surface area (Å²) in [6.45, 7) is 1.99. The highest BCUT2D eigenvalue weighted by Crippen LogP contribution is 2.20. The standard InChI is InChI=1S/C17H23ClN4O2S/c18-15-6-8-16(9-7-15)25(23,24)21-17-19-12-22(13-20-17)11-10-14-4-2-1-3-5-14/h4,6-9H,1-3,5,10-13H2,(H2,19,20,21). The van der Waals surface area contributed by atoms with Crippen LogP contribution in [0.25, 0.3) is 0 Å². The molecule has 8 heteroatoms. The Hall–Kier alpha value is -1.57. The fraction of sp³-hybridized carbons (Fsp3) is 0.471. The van der Waals surface area contributed by atoms with Crippen molar-refractivity contribution in [2.45, 2.75) is 37.0 Å². The summed E-state index contributed by atoms with van der Waals surface area (Å²) in [5.74, 6) is 0.281. The summed E-state index contributed by atoms with van der Waals surface area (Å²) in [6.07, 6.45) is 8.41. The van der Waals surface area contributed by atoms with Crippen molar-refractivity contribution >= 4 is 27.6 Å². The third kappa shape index (κ3) is 5.20. The summed E-state index contributed by atoms with van der Waals surface area (Å²) in [6, 6.07) is 6.04. The number of halogens is 1. The molecule has 1 aromatic carbocycles. The Bertz CT molecular complexity index is 759. The third-order valence-corrected chi connectivity index (χ3v) is 5.99. The molecule has 0 atom stereocenters. The van der Waals surface area contributed by atoms with Crippen molar-refractivity contribution in [1.29, 1.82) is 0 Å². The summed E-state index contributed by atoms with van der Waals surface area (Å²) in [5.41, 5.74) is 1.53. The van der Waals surface area contributed by atoms with Crippen LogP contribution in [0.2, 0.25) is 5.02 Å². The van der Waals surface area contributed by atoms with Gasteiger partial charge in [0.25, 0.3) is 10.0 Å². The SMILES string of the molecule is O=S(=O)(NC1=NCN(CCC2=CCCCC2)CN1)c1ccc(Cl)cc1. The Morgan fingerprint density at radius 3 is 2.68 bits per heavy atom. The molecule has 0 bridgehead atoms. The number of aliphatic imine (C=N–C) groups is 1. The van der Waals surface area contributed by atoms with Crippen LogP contribution in [-0.2, 0) is 10.0 Å². The van der Waals surface area contributed by atoms with Gasteiger partial charge < -0.3 is 5.32 Å². The van der Waals surface area contributed by atoms with Crippen LogP contribution in [0.4, 0.5) is 0 Å². The van der Waals surface area contributed by atoms with Crippen molar-refractivity contribution in [2.75, 3.05) is 19.9 Å². The maximum absolute atomic E-state index is 12.3. The molecular formula is C17H23ClN4O2S. The number of nitrogens with one attached hydrogen (secondary N) is 2. The maximum atomic E-state index is 12.3. The van der Waals surface area contributed by atoms with E-state index in [2.05, 4.69) is 26.0 Å². The first kappa shape index (κ1) is 18.2. The maximum Gasteiger partial charge on any atom is 0.264 e. The van der Waals surface area contributed by atoms with E-state index in [0.29, 0.717) is 18.4 Å². The Kier molecular flexibility index (Phi) is 5.98. The molecule has 136 valence electrons. The van der Waals surface area contributed by atoms with E-state index >= 15 is 0 Å². The predicted octanol–water partition coefficient (Wildman–Crippen LogP) is 2.69. The van der Waals surface area contributed by atoms with Gasteiger partial charge in [0, 0.05) is 11.6 Å². The quantitative estimate of drug-likeness (QED) is 0.768. The lowest BCUT2D eigenvalue weighted by atomic mass is 9.97. The number of guanidine groups is 1. The minimum Gasteiger partial charge on any atom is -0.343 e. The van der Waals surface area contributed by atoms with Gasteiger partial charge in [-0.15, -0.1) is 0 Å². The highest BCUT2D eigenvalue weighted by atomic mass is 35.5. The van der Waals surface area contributed by atoms with Gasteiger partial charge in [0.05, 0.1) is 18.2 Å². The molecule has 0 fully saturated rings. The number of allylic oxidation sites excluding steroid dienone is 1. The lowest BCUT2D eigenvalue weighted by Crippen LogP contribution is -2.50. The van der Waals surface area contributed by atoms with Gasteiger partial charge in [-0.3, -0.25) is 4.90 Å². The molecule has 1 aromatic rings. The molecule has 0 unspecified atom stereocenters. The van der Waals surface area contributed by atoms with Gasteiger partial charge in [-0.2, -0.15) is 0 Å². The van der Waals surface area contributed by atoms with E-state index in [1.54, 1.807) is 12.1 Å². The first-order chi connectivity index (χ1) is 12.0.